The fourth-order valence-electron chi connectivity index (χ4n) is 2.61. The van der Waals surface area contributed by atoms with E-state index in [1.54, 1.807) is 0 Å². The molecule has 0 spiro atoms. The van der Waals surface area contributed by atoms with Crippen molar-refractivity contribution in [3.05, 3.63) is 41.7 Å². The summed E-state index contributed by atoms with van der Waals surface area (Å²) in [7, 11) is 0. The lowest BCUT2D eigenvalue weighted by molar-refractivity contribution is -0.0102. The van der Waals surface area contributed by atoms with Gasteiger partial charge in [-0.1, -0.05) is 12.1 Å². The number of ether oxygens (including phenoxy) is 2. The number of rotatable bonds is 4. The zero-order valence-electron chi connectivity index (χ0n) is 12.3. The molecule has 2 aromatic rings. The van der Waals surface area contributed by atoms with Crippen LogP contribution in [0.3, 0.4) is 0 Å². The van der Waals surface area contributed by atoms with Gasteiger partial charge in [-0.2, -0.15) is 5.10 Å². The third kappa shape index (κ3) is 2.88. The molecule has 0 bridgehead atoms. The number of hydrogen-bond donors (Lipinski definition) is 1. The van der Waals surface area contributed by atoms with E-state index in [-0.39, 0.29) is 6.10 Å². The molecule has 112 valence electrons. The molecule has 1 aliphatic heterocycles. The van der Waals surface area contributed by atoms with Gasteiger partial charge in [0.05, 0.1) is 11.8 Å². The first-order chi connectivity index (χ1) is 10.2. The molecule has 1 N–H and O–H groups in total. The fraction of sp³-hybridized carbons (Fsp3) is 0.438. The quantitative estimate of drug-likeness (QED) is 0.934. The Labute approximate surface area is 124 Å². The van der Waals surface area contributed by atoms with Crippen molar-refractivity contribution in [3.63, 3.8) is 0 Å². The molecule has 1 aromatic carbocycles. The van der Waals surface area contributed by atoms with Crippen LogP contribution in [0.4, 0.5) is 0 Å². The van der Waals surface area contributed by atoms with Gasteiger partial charge in [-0.3, -0.25) is 4.68 Å². The summed E-state index contributed by atoms with van der Waals surface area (Å²) in [6.07, 6.45) is -0.481. The van der Waals surface area contributed by atoms with Crippen molar-refractivity contribution in [1.82, 2.24) is 9.78 Å². The van der Waals surface area contributed by atoms with Gasteiger partial charge >= 0.3 is 0 Å². The number of fused-ring (bicyclic) bond motifs is 1. The number of hydrogen-bond acceptors (Lipinski definition) is 4. The van der Waals surface area contributed by atoms with E-state index in [4.69, 9.17) is 9.47 Å². The lowest BCUT2D eigenvalue weighted by Crippen LogP contribution is -2.41. The highest BCUT2D eigenvalue weighted by atomic mass is 16.6. The van der Waals surface area contributed by atoms with Crippen LogP contribution in [0.2, 0.25) is 0 Å². The van der Waals surface area contributed by atoms with Crippen molar-refractivity contribution in [1.29, 1.82) is 0 Å². The van der Waals surface area contributed by atoms with Crippen molar-refractivity contribution in [3.8, 4) is 11.5 Å². The molecule has 0 saturated carbocycles. The summed E-state index contributed by atoms with van der Waals surface area (Å²) in [5, 5.41) is 14.8. The molecule has 0 amide bonds. The first kappa shape index (κ1) is 13.9. The Bertz CT molecular complexity index is 624. The number of aromatic nitrogens is 2. The third-order valence-electron chi connectivity index (χ3n) is 3.66. The van der Waals surface area contributed by atoms with Gasteiger partial charge in [-0.15, -0.1) is 0 Å². The molecule has 0 fully saturated rings. The molecule has 1 aromatic heterocycles. The minimum atomic E-state index is -0.625. The van der Waals surface area contributed by atoms with E-state index in [9.17, 15) is 5.11 Å². The van der Waals surface area contributed by atoms with Crippen LogP contribution in [0.1, 0.15) is 18.3 Å². The van der Waals surface area contributed by atoms with E-state index in [0.29, 0.717) is 18.8 Å². The van der Waals surface area contributed by atoms with Crippen LogP contribution < -0.4 is 9.47 Å². The molecule has 5 heteroatoms. The maximum atomic E-state index is 10.4. The minimum Gasteiger partial charge on any atom is -0.486 e. The number of aliphatic hydroxyl groups excluding tert-OH is 1. The monoisotopic (exact) mass is 288 g/mol. The van der Waals surface area contributed by atoms with E-state index in [2.05, 4.69) is 5.10 Å². The van der Waals surface area contributed by atoms with E-state index < -0.39 is 6.10 Å². The lowest BCUT2D eigenvalue weighted by Gasteiger charge is -2.29. The Kier molecular flexibility index (Phi) is 3.84. The standard InChI is InChI=1S/C16H20N2O3/c1-3-18-12(8-11(2)17-18)9-13(19)16-10-20-14-6-4-5-7-15(14)21-16/h4-8,13,16,19H,3,9-10H2,1-2H3. The highest BCUT2D eigenvalue weighted by molar-refractivity contribution is 5.40. The molecule has 21 heavy (non-hydrogen) atoms. The van der Waals surface area contributed by atoms with Gasteiger partial charge in [0.1, 0.15) is 6.61 Å². The molecular formula is C16H20N2O3. The summed E-state index contributed by atoms with van der Waals surface area (Å²) < 4.78 is 13.4. The SMILES string of the molecule is CCn1nc(C)cc1CC(O)C1COc2ccccc2O1. The molecule has 1 aliphatic rings. The van der Waals surface area contributed by atoms with Crippen LogP contribution >= 0.6 is 0 Å². The zero-order valence-corrected chi connectivity index (χ0v) is 12.3. The zero-order chi connectivity index (χ0) is 14.8. The summed E-state index contributed by atoms with van der Waals surface area (Å²) in [5.74, 6) is 1.42. The summed E-state index contributed by atoms with van der Waals surface area (Å²) in [4.78, 5) is 0. The van der Waals surface area contributed by atoms with Gasteiger partial charge in [0, 0.05) is 18.7 Å². The van der Waals surface area contributed by atoms with Gasteiger partial charge in [-0.25, -0.2) is 0 Å². The van der Waals surface area contributed by atoms with Crippen molar-refractivity contribution >= 4 is 0 Å². The molecule has 2 atom stereocenters. The van der Waals surface area contributed by atoms with Gasteiger partial charge in [0.2, 0.25) is 0 Å². The lowest BCUT2D eigenvalue weighted by atomic mass is 10.1. The minimum absolute atomic E-state index is 0.359. The molecule has 2 heterocycles. The second kappa shape index (κ2) is 5.77. The first-order valence-electron chi connectivity index (χ1n) is 7.27. The number of para-hydroxylation sites is 2. The predicted octanol–water partition coefficient (Wildman–Crippen LogP) is 1.95. The predicted molar refractivity (Wildman–Crippen MR) is 78.7 cm³/mol. The van der Waals surface area contributed by atoms with Gasteiger partial charge in [-0.05, 0) is 32.0 Å². The van der Waals surface area contributed by atoms with Crippen molar-refractivity contribution < 1.29 is 14.6 Å². The van der Waals surface area contributed by atoms with Crippen LogP contribution in [0.25, 0.3) is 0 Å². The van der Waals surface area contributed by atoms with Crippen molar-refractivity contribution in [2.75, 3.05) is 6.61 Å². The highest BCUT2D eigenvalue weighted by Gasteiger charge is 2.28. The Morgan fingerprint density at radius 3 is 2.90 bits per heavy atom. The molecule has 0 radical (unpaired) electrons. The third-order valence-corrected chi connectivity index (χ3v) is 3.66. The Hall–Kier alpha value is -2.01. The van der Waals surface area contributed by atoms with Crippen LogP contribution in [0.15, 0.2) is 30.3 Å². The summed E-state index contributed by atoms with van der Waals surface area (Å²) in [5.41, 5.74) is 1.98. The normalized spacial score (nSPS) is 18.5. The van der Waals surface area contributed by atoms with Crippen molar-refractivity contribution in [2.45, 2.75) is 39.0 Å². The number of benzene rings is 1. The average Bonchev–Trinajstić information content (AvgIpc) is 2.86. The van der Waals surface area contributed by atoms with Gasteiger partial charge < -0.3 is 14.6 Å². The Balaban J connectivity index is 1.70. The Morgan fingerprint density at radius 1 is 1.38 bits per heavy atom. The largest absolute Gasteiger partial charge is 0.486 e. The second-order valence-electron chi connectivity index (χ2n) is 5.28. The topological polar surface area (TPSA) is 56.5 Å². The summed E-state index contributed by atoms with van der Waals surface area (Å²) >= 11 is 0. The van der Waals surface area contributed by atoms with Crippen LogP contribution in [-0.2, 0) is 13.0 Å². The Morgan fingerprint density at radius 2 is 2.14 bits per heavy atom. The van der Waals surface area contributed by atoms with Crippen LogP contribution in [-0.4, -0.2) is 33.7 Å². The number of aliphatic hydroxyl groups is 1. The maximum Gasteiger partial charge on any atom is 0.161 e. The smallest absolute Gasteiger partial charge is 0.161 e. The van der Waals surface area contributed by atoms with Gasteiger partial charge in [0.15, 0.2) is 17.6 Å². The average molecular weight is 288 g/mol. The maximum absolute atomic E-state index is 10.4. The molecular weight excluding hydrogens is 268 g/mol. The molecule has 0 aliphatic carbocycles. The molecule has 2 unspecified atom stereocenters. The first-order valence-corrected chi connectivity index (χ1v) is 7.27. The molecule has 5 nitrogen and oxygen atoms in total. The summed E-state index contributed by atoms with van der Waals surface area (Å²) in [6, 6.07) is 9.53. The van der Waals surface area contributed by atoms with E-state index >= 15 is 0 Å². The van der Waals surface area contributed by atoms with Crippen LogP contribution in [0.5, 0.6) is 11.5 Å². The summed E-state index contributed by atoms with van der Waals surface area (Å²) in [6.45, 7) is 5.15. The number of nitrogens with zero attached hydrogens (tertiary/aromatic N) is 2. The molecule has 3 rings (SSSR count). The van der Waals surface area contributed by atoms with E-state index in [1.807, 2.05) is 48.9 Å². The van der Waals surface area contributed by atoms with E-state index in [1.165, 1.54) is 0 Å². The van der Waals surface area contributed by atoms with Crippen molar-refractivity contribution in [2.24, 2.45) is 0 Å². The fourth-order valence-corrected chi connectivity index (χ4v) is 2.61. The second-order valence-corrected chi connectivity index (χ2v) is 5.28. The number of aryl methyl sites for hydroxylation is 2. The highest BCUT2D eigenvalue weighted by Crippen LogP contribution is 2.32. The van der Waals surface area contributed by atoms with E-state index in [0.717, 1.165) is 23.7 Å². The van der Waals surface area contributed by atoms with Crippen LogP contribution in [0, 0.1) is 6.92 Å². The molecule has 0 saturated heterocycles. The van der Waals surface area contributed by atoms with Gasteiger partial charge in [0.25, 0.3) is 0 Å².